The Morgan fingerprint density at radius 2 is 1.44 bits per heavy atom. The van der Waals surface area contributed by atoms with Crippen LogP contribution in [0.3, 0.4) is 0 Å². The molecule has 372 valence electrons. The van der Waals surface area contributed by atoms with Crippen LogP contribution < -0.4 is 29.7 Å². The maximum absolute atomic E-state index is 14.1. The lowest BCUT2D eigenvalue weighted by Gasteiger charge is -2.31. The Morgan fingerprint density at radius 3 is 2.17 bits per heavy atom. The number of unbranched alkanes of at least 4 members (excludes halogenated alkanes) is 2. The smallest absolute Gasteiger partial charge is 0.416 e. The average Bonchev–Trinajstić information content (AvgIpc) is 4.01. The van der Waals surface area contributed by atoms with Gasteiger partial charge in [0.15, 0.2) is 17.7 Å². The zero-order valence-corrected chi connectivity index (χ0v) is 40.1. The van der Waals surface area contributed by atoms with E-state index in [9.17, 15) is 38.7 Å². The van der Waals surface area contributed by atoms with E-state index in [1.54, 1.807) is 23.2 Å². The Morgan fingerprint density at radius 1 is 0.761 bits per heavy atom. The summed E-state index contributed by atoms with van der Waals surface area (Å²) in [5, 5.41) is 17.0. The fourth-order valence-corrected chi connectivity index (χ4v) is 8.99. The van der Waals surface area contributed by atoms with E-state index >= 15 is 0 Å². The zero-order chi connectivity index (χ0) is 50.3. The van der Waals surface area contributed by atoms with Gasteiger partial charge in [-0.05, 0) is 88.1 Å². The minimum Gasteiger partial charge on any atom is -0.493 e. The predicted octanol–water partition coefficient (Wildman–Crippen LogP) is 5.15. The summed E-state index contributed by atoms with van der Waals surface area (Å²) in [6, 6.07) is 13.1. The first-order chi connectivity index (χ1) is 34.2. The molecule has 5 aliphatic rings. The number of carbonyl (C=O) groups is 7. The van der Waals surface area contributed by atoms with Crippen molar-refractivity contribution in [2.75, 3.05) is 44.9 Å². The number of nitrogens with one attached hydrogen (secondary N) is 2. The molecule has 71 heavy (non-hydrogen) atoms. The molecule has 19 nitrogen and oxygen atoms in total. The van der Waals surface area contributed by atoms with Gasteiger partial charge in [-0.2, -0.15) is 0 Å². The molecule has 0 saturated heterocycles. The highest BCUT2D eigenvalue weighted by atomic mass is 16.6. The van der Waals surface area contributed by atoms with Crippen LogP contribution in [0, 0.1) is 6.92 Å². The fourth-order valence-electron chi connectivity index (χ4n) is 8.99. The lowest BCUT2D eigenvalue weighted by atomic mass is 10.1. The number of nitrogens with zero attached hydrogens (tertiary/aromatic N) is 5. The molecule has 0 aromatic heterocycles. The Bertz CT molecular complexity index is 2730. The van der Waals surface area contributed by atoms with Crippen molar-refractivity contribution in [1.29, 1.82) is 0 Å². The first-order valence-corrected chi connectivity index (χ1v) is 23.6. The largest absolute Gasteiger partial charge is 0.493 e. The number of anilines is 1. The molecule has 3 aromatic rings. The molecule has 3 atom stereocenters. The van der Waals surface area contributed by atoms with Gasteiger partial charge < -0.3 is 44.5 Å². The highest BCUT2D eigenvalue weighted by Crippen LogP contribution is 2.42. The van der Waals surface area contributed by atoms with Crippen molar-refractivity contribution < 1.29 is 57.6 Å². The molecule has 0 aliphatic carbocycles. The summed E-state index contributed by atoms with van der Waals surface area (Å²) in [4.78, 5) is 99.0. The van der Waals surface area contributed by atoms with Gasteiger partial charge in [0.2, 0.25) is 11.8 Å². The van der Waals surface area contributed by atoms with E-state index in [0.29, 0.717) is 54.9 Å². The first kappa shape index (κ1) is 49.6. The van der Waals surface area contributed by atoms with Gasteiger partial charge in [-0.25, -0.2) is 9.69 Å². The molecule has 0 radical (unpaired) electrons. The van der Waals surface area contributed by atoms with Crippen molar-refractivity contribution in [3.8, 4) is 17.2 Å². The molecular weight excluding hydrogens is 915 g/mol. The minimum atomic E-state index is -1.47. The van der Waals surface area contributed by atoms with Crippen LogP contribution in [0.2, 0.25) is 0 Å². The number of aliphatic hydroxyl groups is 1. The number of aliphatic imine (C=N–C) groups is 1. The van der Waals surface area contributed by atoms with E-state index < -0.39 is 47.9 Å². The molecule has 0 unspecified atom stereocenters. The van der Waals surface area contributed by atoms with Gasteiger partial charge in [-0.15, -0.1) is 0 Å². The Kier molecular flexibility index (Phi) is 15.3. The quantitative estimate of drug-likeness (QED) is 0.105. The average molecular weight is 972 g/mol. The minimum absolute atomic E-state index is 0.0722. The van der Waals surface area contributed by atoms with E-state index in [1.165, 1.54) is 24.1 Å². The summed E-state index contributed by atoms with van der Waals surface area (Å²) in [7, 11) is 1.46. The van der Waals surface area contributed by atoms with Gasteiger partial charge in [0.1, 0.15) is 12.4 Å². The highest BCUT2D eigenvalue weighted by molar-refractivity contribution is 6.13. The van der Waals surface area contributed by atoms with E-state index in [0.717, 1.165) is 57.1 Å². The van der Waals surface area contributed by atoms with Gasteiger partial charge in [0.25, 0.3) is 23.6 Å². The van der Waals surface area contributed by atoms with E-state index in [-0.39, 0.29) is 74.0 Å². The number of aryl methyl sites for hydroxylation is 1. The molecule has 0 spiro atoms. The molecule has 0 fully saturated rings. The number of rotatable bonds is 19. The third-order valence-corrected chi connectivity index (χ3v) is 12.8. The molecule has 0 bridgehead atoms. The molecule has 0 saturated carbocycles. The molecular formula is C52H57N7O12. The van der Waals surface area contributed by atoms with Crippen molar-refractivity contribution in [3.63, 3.8) is 0 Å². The number of benzene rings is 3. The number of hydrogen-bond donors (Lipinski definition) is 3. The summed E-state index contributed by atoms with van der Waals surface area (Å²) in [5.74, 6) is -1.11. The monoisotopic (exact) mass is 971 g/mol. The first-order valence-electron chi connectivity index (χ1n) is 23.6. The normalized spacial score (nSPS) is 18.8. The van der Waals surface area contributed by atoms with Crippen LogP contribution >= 0.6 is 0 Å². The number of amides is 7. The molecule has 5 heterocycles. The third kappa shape index (κ3) is 11.3. The van der Waals surface area contributed by atoms with Crippen molar-refractivity contribution >= 4 is 59.1 Å². The van der Waals surface area contributed by atoms with Gasteiger partial charge in [0, 0.05) is 62.4 Å². The van der Waals surface area contributed by atoms with Crippen molar-refractivity contribution in [1.82, 2.24) is 25.3 Å². The zero-order valence-electron chi connectivity index (χ0n) is 40.1. The summed E-state index contributed by atoms with van der Waals surface area (Å²) < 4.78 is 23.8. The third-order valence-electron chi connectivity index (χ3n) is 12.8. The Balaban J connectivity index is 0.829. The summed E-state index contributed by atoms with van der Waals surface area (Å²) in [6.07, 6.45) is 8.89. The van der Waals surface area contributed by atoms with Gasteiger partial charge in [-0.1, -0.05) is 35.4 Å². The van der Waals surface area contributed by atoms with Crippen LogP contribution in [0.25, 0.3) is 0 Å². The number of hydrogen-bond acceptors (Lipinski definition) is 13. The van der Waals surface area contributed by atoms with Gasteiger partial charge >= 0.3 is 6.09 Å². The van der Waals surface area contributed by atoms with Crippen LogP contribution in [0.1, 0.15) is 89.8 Å². The SMILES string of the molecule is COc1cc2c(cc1OCCCCCOc1cc3c(cc1C)C(=O)N1C=C(C)C[C@H]1C=N3)N(C(=O)OCc1ccc(CCNC(=O)CNC(=O)CCN3C(=O)C=CC3=O)cc1)[C@H](O)[C@H]1CC(C)=CN1C2=O. The van der Waals surface area contributed by atoms with Crippen molar-refractivity contribution in [3.05, 3.63) is 112 Å². The van der Waals surface area contributed by atoms with Crippen LogP contribution in [0.5, 0.6) is 17.2 Å². The molecule has 7 amide bonds. The van der Waals surface area contributed by atoms with Crippen LogP contribution in [-0.4, -0.2) is 126 Å². The molecule has 8 rings (SSSR count). The lowest BCUT2D eigenvalue weighted by Crippen LogP contribution is -2.50. The molecule has 3 aromatic carbocycles. The number of fused-ring (bicyclic) bond motifs is 4. The van der Waals surface area contributed by atoms with Crippen LogP contribution in [-0.2, 0) is 36.9 Å². The van der Waals surface area contributed by atoms with E-state index in [4.69, 9.17) is 18.9 Å². The second kappa shape index (κ2) is 21.9. The van der Waals surface area contributed by atoms with Gasteiger partial charge in [0.05, 0.1) is 61.5 Å². The van der Waals surface area contributed by atoms with E-state index in [2.05, 4.69) is 15.6 Å². The number of methoxy groups -OCH3 is 1. The predicted molar refractivity (Wildman–Crippen MR) is 259 cm³/mol. The fraction of sp³-hybridized carbons (Fsp3) is 0.385. The number of ether oxygens (including phenoxy) is 4. The number of carbonyl (C=O) groups excluding carboxylic acids is 7. The second-order valence-electron chi connectivity index (χ2n) is 18.1. The van der Waals surface area contributed by atoms with E-state index in [1.807, 2.05) is 57.5 Å². The van der Waals surface area contributed by atoms with Crippen LogP contribution in [0.4, 0.5) is 16.2 Å². The second-order valence-corrected chi connectivity index (χ2v) is 18.1. The maximum atomic E-state index is 14.1. The Labute approximate surface area is 410 Å². The maximum Gasteiger partial charge on any atom is 0.416 e. The van der Waals surface area contributed by atoms with Crippen LogP contribution in [0.15, 0.2) is 89.2 Å². The Hall–Kier alpha value is -7.80. The number of imide groups is 1. The summed E-state index contributed by atoms with van der Waals surface area (Å²) in [6.45, 7) is 6.28. The van der Waals surface area contributed by atoms with Crippen molar-refractivity contribution in [2.24, 2.45) is 4.99 Å². The molecule has 19 heteroatoms. The van der Waals surface area contributed by atoms with Gasteiger partial charge in [-0.3, -0.25) is 38.7 Å². The van der Waals surface area contributed by atoms with Crippen molar-refractivity contribution in [2.45, 2.75) is 90.6 Å². The summed E-state index contributed by atoms with van der Waals surface area (Å²) >= 11 is 0. The molecule has 5 aliphatic heterocycles. The lowest BCUT2D eigenvalue weighted by molar-refractivity contribution is -0.137. The topological polar surface area (TPSA) is 226 Å². The number of aliphatic hydroxyl groups excluding tert-OH is 1. The highest BCUT2D eigenvalue weighted by Gasteiger charge is 2.45. The standard InChI is InChI=1S/C52H57N7O12/c1-31-20-36-26-54-39-24-42(33(3)22-37(39)49(64)57(36)28-31)69-18-6-5-7-19-70-44-25-40-38(23-43(44)68-4)50(65)58-29-32(2)21-41(58)51(66)59(40)52(67)71-30-35-10-8-34(9-11-35)14-16-53-46(61)27-55-45(60)15-17-56-47(62)12-13-48(56)63/h8-13,22-26,28-29,36,41,51,66H,5-7,14-21,27,30H2,1-4H3,(H,53,61)(H,55,60)/t36-,41+,51+/m0/s1. The molecule has 3 N–H and O–H groups in total. The summed E-state index contributed by atoms with van der Waals surface area (Å²) in [5.41, 5.74) is 5.74.